The van der Waals surface area contributed by atoms with E-state index in [1.807, 2.05) is 37.4 Å². The average molecular weight is 319 g/mol. The number of hydrogen-bond acceptors (Lipinski definition) is 7. The van der Waals surface area contributed by atoms with Crippen LogP contribution in [0.15, 0.2) is 49.1 Å². The molecule has 7 nitrogen and oxygen atoms in total. The summed E-state index contributed by atoms with van der Waals surface area (Å²) in [5.41, 5.74) is 2.14. The van der Waals surface area contributed by atoms with E-state index < -0.39 is 0 Å². The predicted octanol–water partition coefficient (Wildman–Crippen LogP) is 2.32. The summed E-state index contributed by atoms with van der Waals surface area (Å²) < 4.78 is 0. The van der Waals surface area contributed by atoms with Crippen molar-refractivity contribution in [2.75, 3.05) is 23.3 Å². The Morgan fingerprint density at radius 3 is 2.58 bits per heavy atom. The van der Waals surface area contributed by atoms with Gasteiger partial charge in [-0.25, -0.2) is 24.9 Å². The molecule has 1 N–H and O–H groups in total. The van der Waals surface area contributed by atoms with E-state index in [1.165, 1.54) is 0 Å². The standard InChI is InChI=1S/C17H17N7/c1-12-3-4-15(21-9-12)23-16-18-8-5-14(22-16)13-10-24(11-13)17-19-6-2-7-20-17/h2-9,13H,10-11H2,1H3,(H,18,21,22,23). The van der Waals surface area contributed by atoms with Gasteiger partial charge in [0.2, 0.25) is 11.9 Å². The van der Waals surface area contributed by atoms with E-state index in [4.69, 9.17) is 0 Å². The first kappa shape index (κ1) is 14.5. The molecule has 0 bridgehead atoms. The van der Waals surface area contributed by atoms with Gasteiger partial charge in [0.1, 0.15) is 5.82 Å². The number of aryl methyl sites for hydroxylation is 1. The Hall–Kier alpha value is -3.09. The molecule has 1 saturated heterocycles. The number of pyridine rings is 1. The lowest BCUT2D eigenvalue weighted by Crippen LogP contribution is -2.46. The van der Waals surface area contributed by atoms with Gasteiger partial charge in [-0.2, -0.15) is 0 Å². The summed E-state index contributed by atoms with van der Waals surface area (Å²) in [6.45, 7) is 3.74. The zero-order chi connectivity index (χ0) is 16.4. The van der Waals surface area contributed by atoms with Crippen LogP contribution < -0.4 is 10.2 Å². The summed E-state index contributed by atoms with van der Waals surface area (Å²) in [4.78, 5) is 23.9. The van der Waals surface area contributed by atoms with Crippen LogP contribution in [0.5, 0.6) is 0 Å². The van der Waals surface area contributed by atoms with Crippen molar-refractivity contribution in [3.8, 4) is 0 Å². The summed E-state index contributed by atoms with van der Waals surface area (Å²) in [5.74, 6) is 2.44. The SMILES string of the molecule is Cc1ccc(Nc2nccc(C3CN(c4ncccn4)C3)n2)nc1. The molecule has 24 heavy (non-hydrogen) atoms. The first-order chi connectivity index (χ1) is 11.8. The smallest absolute Gasteiger partial charge is 0.228 e. The van der Waals surface area contributed by atoms with Crippen LogP contribution in [0.3, 0.4) is 0 Å². The zero-order valence-corrected chi connectivity index (χ0v) is 13.3. The van der Waals surface area contributed by atoms with Gasteiger partial charge in [-0.1, -0.05) is 6.07 Å². The van der Waals surface area contributed by atoms with Gasteiger partial charge in [-0.05, 0) is 30.7 Å². The molecule has 3 aromatic rings. The first-order valence-corrected chi connectivity index (χ1v) is 7.82. The third-order valence-electron chi connectivity index (χ3n) is 3.96. The Morgan fingerprint density at radius 1 is 1.00 bits per heavy atom. The van der Waals surface area contributed by atoms with E-state index in [9.17, 15) is 0 Å². The fourth-order valence-corrected chi connectivity index (χ4v) is 2.60. The number of hydrogen-bond donors (Lipinski definition) is 1. The second kappa shape index (κ2) is 6.19. The van der Waals surface area contributed by atoms with Crippen LogP contribution in [-0.4, -0.2) is 38.0 Å². The van der Waals surface area contributed by atoms with Crippen molar-refractivity contribution in [1.82, 2.24) is 24.9 Å². The van der Waals surface area contributed by atoms with Crippen LogP contribution in [0.2, 0.25) is 0 Å². The van der Waals surface area contributed by atoms with E-state index in [-0.39, 0.29) is 0 Å². The number of aromatic nitrogens is 5. The molecule has 3 aromatic heterocycles. The summed E-state index contributed by atoms with van der Waals surface area (Å²) in [5, 5.41) is 3.15. The van der Waals surface area contributed by atoms with E-state index in [1.54, 1.807) is 18.6 Å². The minimum atomic E-state index is 0.364. The minimum Gasteiger partial charge on any atom is -0.339 e. The zero-order valence-electron chi connectivity index (χ0n) is 13.3. The highest BCUT2D eigenvalue weighted by atomic mass is 15.3. The van der Waals surface area contributed by atoms with Gasteiger partial charge in [0.05, 0.1) is 5.69 Å². The molecule has 120 valence electrons. The van der Waals surface area contributed by atoms with Crippen molar-refractivity contribution >= 4 is 17.7 Å². The Kier molecular flexibility index (Phi) is 3.74. The van der Waals surface area contributed by atoms with Crippen LogP contribution in [-0.2, 0) is 0 Å². The number of nitrogens with zero attached hydrogens (tertiary/aromatic N) is 6. The van der Waals surface area contributed by atoms with E-state index in [0.717, 1.165) is 36.1 Å². The largest absolute Gasteiger partial charge is 0.339 e. The van der Waals surface area contributed by atoms with Crippen molar-refractivity contribution in [2.45, 2.75) is 12.8 Å². The van der Waals surface area contributed by atoms with Crippen LogP contribution in [0.1, 0.15) is 17.2 Å². The van der Waals surface area contributed by atoms with Crippen LogP contribution in [0.25, 0.3) is 0 Å². The maximum Gasteiger partial charge on any atom is 0.228 e. The van der Waals surface area contributed by atoms with Crippen LogP contribution in [0.4, 0.5) is 17.7 Å². The Morgan fingerprint density at radius 2 is 1.83 bits per heavy atom. The second-order valence-electron chi connectivity index (χ2n) is 5.80. The fourth-order valence-electron chi connectivity index (χ4n) is 2.60. The van der Waals surface area contributed by atoms with Gasteiger partial charge in [0.15, 0.2) is 0 Å². The molecular weight excluding hydrogens is 302 g/mol. The lowest BCUT2D eigenvalue weighted by Gasteiger charge is -2.38. The highest BCUT2D eigenvalue weighted by Gasteiger charge is 2.31. The molecule has 0 radical (unpaired) electrons. The highest BCUT2D eigenvalue weighted by Crippen LogP contribution is 2.28. The summed E-state index contributed by atoms with van der Waals surface area (Å²) >= 11 is 0. The quantitative estimate of drug-likeness (QED) is 0.790. The monoisotopic (exact) mass is 319 g/mol. The summed E-state index contributed by atoms with van der Waals surface area (Å²) in [7, 11) is 0. The topological polar surface area (TPSA) is 79.7 Å². The van der Waals surface area contributed by atoms with Crippen molar-refractivity contribution in [1.29, 1.82) is 0 Å². The van der Waals surface area contributed by atoms with Gasteiger partial charge in [0, 0.05) is 43.8 Å². The minimum absolute atomic E-state index is 0.364. The summed E-state index contributed by atoms with van der Waals surface area (Å²) in [6, 6.07) is 7.70. The van der Waals surface area contributed by atoms with Gasteiger partial charge < -0.3 is 10.2 Å². The van der Waals surface area contributed by atoms with Gasteiger partial charge in [-0.3, -0.25) is 0 Å². The highest BCUT2D eigenvalue weighted by molar-refractivity contribution is 5.48. The van der Waals surface area contributed by atoms with Crippen molar-refractivity contribution in [2.24, 2.45) is 0 Å². The van der Waals surface area contributed by atoms with E-state index >= 15 is 0 Å². The van der Waals surface area contributed by atoms with Crippen molar-refractivity contribution in [3.63, 3.8) is 0 Å². The second-order valence-corrected chi connectivity index (χ2v) is 5.80. The number of rotatable bonds is 4. The molecular formula is C17H17N7. The number of nitrogens with one attached hydrogen (secondary N) is 1. The van der Waals surface area contributed by atoms with Crippen molar-refractivity contribution in [3.05, 3.63) is 60.3 Å². The molecule has 1 fully saturated rings. The van der Waals surface area contributed by atoms with Crippen LogP contribution >= 0.6 is 0 Å². The molecule has 0 saturated carbocycles. The molecule has 7 heteroatoms. The molecule has 0 atom stereocenters. The fraction of sp³-hybridized carbons (Fsp3) is 0.235. The number of anilines is 3. The Bertz CT molecular complexity index is 814. The molecule has 0 aromatic carbocycles. The maximum atomic E-state index is 4.61. The normalized spacial score (nSPS) is 14.3. The van der Waals surface area contributed by atoms with Crippen LogP contribution in [0, 0.1) is 6.92 Å². The lowest BCUT2D eigenvalue weighted by atomic mass is 9.96. The van der Waals surface area contributed by atoms with Crippen molar-refractivity contribution < 1.29 is 0 Å². The van der Waals surface area contributed by atoms with E-state index in [2.05, 4.69) is 35.1 Å². The van der Waals surface area contributed by atoms with Gasteiger partial charge in [0.25, 0.3) is 0 Å². The molecule has 0 aliphatic carbocycles. The van der Waals surface area contributed by atoms with Gasteiger partial charge >= 0.3 is 0 Å². The molecule has 1 aliphatic rings. The molecule has 4 rings (SSSR count). The molecule has 0 amide bonds. The maximum absolute atomic E-state index is 4.61. The Labute approximate surface area is 139 Å². The molecule has 0 unspecified atom stereocenters. The first-order valence-electron chi connectivity index (χ1n) is 7.82. The molecule has 0 spiro atoms. The molecule has 1 aliphatic heterocycles. The third kappa shape index (κ3) is 3.01. The third-order valence-corrected chi connectivity index (χ3v) is 3.96. The average Bonchev–Trinajstić information content (AvgIpc) is 2.57. The summed E-state index contributed by atoms with van der Waals surface area (Å²) in [6.07, 6.45) is 7.12. The lowest BCUT2D eigenvalue weighted by molar-refractivity contribution is 0.503. The van der Waals surface area contributed by atoms with E-state index in [0.29, 0.717) is 11.9 Å². The van der Waals surface area contributed by atoms with Gasteiger partial charge in [-0.15, -0.1) is 0 Å². The Balaban J connectivity index is 1.43. The molecule has 4 heterocycles. The predicted molar refractivity (Wildman–Crippen MR) is 91.3 cm³/mol.